The van der Waals surface area contributed by atoms with Crippen LogP contribution >= 0.6 is 11.6 Å². The van der Waals surface area contributed by atoms with Gasteiger partial charge in [-0.1, -0.05) is 23.7 Å². The number of rotatable bonds is 4. The van der Waals surface area contributed by atoms with Gasteiger partial charge in [-0.2, -0.15) is 5.10 Å². The van der Waals surface area contributed by atoms with Crippen molar-refractivity contribution in [3.63, 3.8) is 0 Å². The molecule has 0 radical (unpaired) electrons. The first-order valence-electron chi connectivity index (χ1n) is 9.58. The average molecular weight is 443 g/mol. The summed E-state index contributed by atoms with van der Waals surface area (Å²) in [7, 11) is -3.79. The SMILES string of the molecule is NS(=O)(=O)c1ccc(-c2cc(C(=O)N3CC4CC4C3)nn2-c2ccc(Cl)cc2)cc1. The number of piperidine rings is 1. The number of carbonyl (C=O) groups excluding carboxylic acids is 1. The Morgan fingerprint density at radius 3 is 2.27 bits per heavy atom. The number of likely N-dealkylation sites (tertiary alicyclic amines) is 1. The topological polar surface area (TPSA) is 98.3 Å². The van der Waals surface area contributed by atoms with E-state index in [1.807, 2.05) is 17.0 Å². The van der Waals surface area contributed by atoms with E-state index < -0.39 is 10.0 Å². The summed E-state index contributed by atoms with van der Waals surface area (Å²) in [5, 5.41) is 10.4. The van der Waals surface area contributed by atoms with Gasteiger partial charge in [0.05, 0.1) is 16.3 Å². The van der Waals surface area contributed by atoms with Crippen molar-refractivity contribution in [1.29, 1.82) is 0 Å². The lowest BCUT2D eigenvalue weighted by Crippen LogP contribution is -2.30. The van der Waals surface area contributed by atoms with Crippen molar-refractivity contribution in [1.82, 2.24) is 14.7 Å². The Balaban J connectivity index is 1.56. The molecule has 30 heavy (non-hydrogen) atoms. The second-order valence-electron chi connectivity index (χ2n) is 7.84. The van der Waals surface area contributed by atoms with Crippen LogP contribution in [-0.4, -0.2) is 42.1 Å². The highest BCUT2D eigenvalue weighted by Crippen LogP contribution is 2.45. The number of fused-ring (bicyclic) bond motifs is 1. The molecular formula is C21H19ClN4O3S. The predicted molar refractivity (Wildman–Crippen MR) is 113 cm³/mol. The molecule has 1 saturated heterocycles. The standard InChI is InChI=1S/C21H19ClN4O3S/c22-16-3-5-17(6-4-16)26-20(13-1-7-18(8-2-13)30(23,28)29)10-19(24-26)21(27)25-11-14-9-15(14)12-25/h1-8,10,14-15H,9,11-12H2,(H2,23,28,29). The lowest BCUT2D eigenvalue weighted by atomic mass is 10.1. The van der Waals surface area contributed by atoms with Crippen LogP contribution < -0.4 is 5.14 Å². The molecule has 5 rings (SSSR count). The molecule has 1 aromatic heterocycles. The second kappa shape index (κ2) is 6.94. The van der Waals surface area contributed by atoms with Crippen LogP contribution in [0.2, 0.25) is 5.02 Å². The van der Waals surface area contributed by atoms with Gasteiger partial charge in [-0.05, 0) is 60.7 Å². The number of aromatic nitrogens is 2. The number of nitrogens with zero attached hydrogens (tertiary/aromatic N) is 3. The minimum absolute atomic E-state index is 0.0244. The highest BCUT2D eigenvalue weighted by molar-refractivity contribution is 7.89. The molecule has 1 amide bonds. The van der Waals surface area contributed by atoms with E-state index in [1.54, 1.807) is 35.0 Å². The highest BCUT2D eigenvalue weighted by Gasteiger charge is 2.47. The highest BCUT2D eigenvalue weighted by atomic mass is 35.5. The third kappa shape index (κ3) is 3.51. The van der Waals surface area contributed by atoms with Crippen LogP contribution in [0.5, 0.6) is 0 Å². The van der Waals surface area contributed by atoms with Gasteiger partial charge in [0.25, 0.3) is 5.91 Å². The van der Waals surface area contributed by atoms with Gasteiger partial charge in [-0.15, -0.1) is 0 Å². The third-order valence-corrected chi connectivity index (χ3v) is 6.93. The van der Waals surface area contributed by atoms with E-state index in [2.05, 4.69) is 5.10 Å². The van der Waals surface area contributed by atoms with E-state index in [4.69, 9.17) is 16.7 Å². The van der Waals surface area contributed by atoms with E-state index in [1.165, 1.54) is 18.6 Å². The van der Waals surface area contributed by atoms with E-state index in [0.717, 1.165) is 18.8 Å². The molecule has 9 heteroatoms. The molecule has 0 spiro atoms. The number of primary sulfonamides is 1. The van der Waals surface area contributed by atoms with Gasteiger partial charge in [-0.25, -0.2) is 18.2 Å². The van der Waals surface area contributed by atoms with Crippen molar-refractivity contribution in [2.75, 3.05) is 13.1 Å². The number of hydrogen-bond acceptors (Lipinski definition) is 4. The molecule has 2 fully saturated rings. The normalized spacial score (nSPS) is 20.3. The minimum Gasteiger partial charge on any atom is -0.337 e. The van der Waals surface area contributed by atoms with E-state index >= 15 is 0 Å². The van der Waals surface area contributed by atoms with Crippen molar-refractivity contribution in [3.05, 3.63) is 65.3 Å². The van der Waals surface area contributed by atoms with Crippen LogP contribution in [0.4, 0.5) is 0 Å². The zero-order valence-electron chi connectivity index (χ0n) is 15.9. The summed E-state index contributed by atoms with van der Waals surface area (Å²) in [6, 6.07) is 15.1. The zero-order valence-corrected chi connectivity index (χ0v) is 17.5. The van der Waals surface area contributed by atoms with Gasteiger partial charge in [-0.3, -0.25) is 4.79 Å². The van der Waals surface area contributed by atoms with E-state index in [9.17, 15) is 13.2 Å². The number of halogens is 1. The van der Waals surface area contributed by atoms with Crippen LogP contribution in [0.15, 0.2) is 59.5 Å². The first-order chi connectivity index (χ1) is 14.3. The molecule has 3 aromatic rings. The molecule has 2 unspecified atom stereocenters. The molecule has 1 aliphatic heterocycles. The van der Waals surface area contributed by atoms with Crippen molar-refractivity contribution < 1.29 is 13.2 Å². The molecule has 0 bridgehead atoms. The number of hydrogen-bond donors (Lipinski definition) is 1. The lowest BCUT2D eigenvalue weighted by molar-refractivity contribution is 0.0769. The maximum atomic E-state index is 13.0. The summed E-state index contributed by atoms with van der Waals surface area (Å²) in [6.07, 6.45) is 1.21. The largest absolute Gasteiger partial charge is 0.337 e. The maximum absolute atomic E-state index is 13.0. The molecule has 7 nitrogen and oxygen atoms in total. The summed E-state index contributed by atoms with van der Waals surface area (Å²) in [5.41, 5.74) is 2.49. The van der Waals surface area contributed by atoms with Crippen LogP contribution in [0, 0.1) is 11.8 Å². The number of sulfonamides is 1. The number of carbonyl (C=O) groups is 1. The maximum Gasteiger partial charge on any atom is 0.274 e. The van der Waals surface area contributed by atoms with Crippen LogP contribution in [-0.2, 0) is 10.0 Å². The third-order valence-electron chi connectivity index (χ3n) is 5.74. The van der Waals surface area contributed by atoms with E-state index in [-0.39, 0.29) is 10.8 Å². The molecule has 154 valence electrons. The predicted octanol–water partition coefficient (Wildman–Crippen LogP) is 2.93. The Morgan fingerprint density at radius 2 is 1.67 bits per heavy atom. The Morgan fingerprint density at radius 1 is 1.03 bits per heavy atom. The van der Waals surface area contributed by atoms with Crippen molar-refractivity contribution >= 4 is 27.5 Å². The van der Waals surface area contributed by atoms with Crippen LogP contribution in [0.25, 0.3) is 16.9 Å². The Kier molecular flexibility index (Phi) is 4.46. The van der Waals surface area contributed by atoms with Gasteiger partial charge < -0.3 is 4.90 Å². The first kappa shape index (κ1) is 19.3. The van der Waals surface area contributed by atoms with Gasteiger partial charge in [0, 0.05) is 23.7 Å². The number of nitrogens with two attached hydrogens (primary N) is 1. The molecule has 2 aliphatic rings. The second-order valence-corrected chi connectivity index (χ2v) is 9.84. The Hall–Kier alpha value is -2.68. The van der Waals surface area contributed by atoms with Gasteiger partial charge in [0.1, 0.15) is 0 Å². The molecule has 1 aliphatic carbocycles. The zero-order chi connectivity index (χ0) is 21.0. The summed E-state index contributed by atoms with van der Waals surface area (Å²) >= 11 is 6.02. The van der Waals surface area contributed by atoms with Crippen LogP contribution in [0.3, 0.4) is 0 Å². The van der Waals surface area contributed by atoms with Gasteiger partial charge in [0.2, 0.25) is 10.0 Å². The monoisotopic (exact) mass is 442 g/mol. The van der Waals surface area contributed by atoms with Crippen molar-refractivity contribution in [2.45, 2.75) is 11.3 Å². The summed E-state index contributed by atoms with van der Waals surface area (Å²) in [4.78, 5) is 14.9. The Labute approximate surface area is 179 Å². The molecule has 2 heterocycles. The fourth-order valence-corrected chi connectivity index (χ4v) is 4.65. The van der Waals surface area contributed by atoms with Crippen molar-refractivity contribution in [3.8, 4) is 16.9 Å². The lowest BCUT2D eigenvalue weighted by Gasteiger charge is -2.16. The number of amides is 1. The van der Waals surface area contributed by atoms with Gasteiger partial charge in [0.15, 0.2) is 5.69 Å². The van der Waals surface area contributed by atoms with Crippen molar-refractivity contribution in [2.24, 2.45) is 17.0 Å². The molecule has 2 N–H and O–H groups in total. The molecule has 2 atom stereocenters. The van der Waals surface area contributed by atoms with E-state index in [0.29, 0.717) is 33.8 Å². The summed E-state index contributed by atoms with van der Waals surface area (Å²) in [6.45, 7) is 1.57. The summed E-state index contributed by atoms with van der Waals surface area (Å²) in [5.74, 6) is 1.19. The van der Waals surface area contributed by atoms with Crippen LogP contribution in [0.1, 0.15) is 16.9 Å². The molecule has 2 aromatic carbocycles. The fourth-order valence-electron chi connectivity index (χ4n) is 4.01. The smallest absolute Gasteiger partial charge is 0.274 e. The number of benzene rings is 2. The first-order valence-corrected chi connectivity index (χ1v) is 11.5. The Bertz CT molecular complexity index is 1230. The quantitative estimate of drug-likeness (QED) is 0.671. The minimum atomic E-state index is -3.79. The molecular weight excluding hydrogens is 424 g/mol. The fraction of sp³-hybridized carbons (Fsp3) is 0.238. The summed E-state index contributed by atoms with van der Waals surface area (Å²) < 4.78 is 24.8. The average Bonchev–Trinajstić information content (AvgIpc) is 3.13. The molecule has 1 saturated carbocycles. The van der Waals surface area contributed by atoms with Gasteiger partial charge >= 0.3 is 0 Å².